The lowest BCUT2D eigenvalue weighted by Gasteiger charge is -2.09. The monoisotopic (exact) mass is 260 g/mol. The molecule has 0 fully saturated rings. The molecule has 0 bridgehead atoms. The molecule has 3 rings (SSSR count). The largest absolute Gasteiger partial charge is 0.308 e. The molecule has 0 aliphatic carbocycles. The van der Waals surface area contributed by atoms with Crippen LogP contribution in [0.1, 0.15) is 16.8 Å². The molecular weight excluding hydrogens is 244 g/mol. The fourth-order valence-electron chi connectivity index (χ4n) is 2.85. The van der Waals surface area contributed by atoms with Crippen molar-refractivity contribution in [1.82, 2.24) is 9.38 Å². The Hall–Kier alpha value is -2.61. The standard InChI is InChI=1S/C18H16N2/c1-6-14-15-10-19-9-8-17(15)20-16(7-2)12(4)11(3)13(5)18(14)20/h6-10H,1-3,5H2,4H3. The molecule has 3 aromatic rings. The molecule has 0 aliphatic heterocycles. The minimum Gasteiger partial charge on any atom is -0.308 e. The topological polar surface area (TPSA) is 17.3 Å². The first kappa shape index (κ1) is 12.4. The summed E-state index contributed by atoms with van der Waals surface area (Å²) in [5.41, 5.74) is 5.32. The molecule has 2 heteroatoms. The third kappa shape index (κ3) is 1.36. The molecule has 3 heterocycles. The number of aromatic nitrogens is 2. The highest BCUT2D eigenvalue weighted by Gasteiger charge is 2.14. The fourth-order valence-corrected chi connectivity index (χ4v) is 2.85. The third-order valence-corrected chi connectivity index (χ3v) is 3.93. The van der Waals surface area contributed by atoms with Gasteiger partial charge in [0.2, 0.25) is 0 Å². The molecule has 0 radical (unpaired) electrons. The van der Waals surface area contributed by atoms with Crippen LogP contribution in [0.3, 0.4) is 0 Å². The van der Waals surface area contributed by atoms with Crippen LogP contribution in [-0.2, 0) is 0 Å². The smallest absolute Gasteiger partial charge is 0.0613 e. The normalized spacial score (nSPS) is 11.1. The lowest BCUT2D eigenvalue weighted by Crippen LogP contribution is -2.29. The van der Waals surface area contributed by atoms with Gasteiger partial charge in [0.05, 0.1) is 11.0 Å². The molecule has 0 unspecified atom stereocenters. The zero-order chi connectivity index (χ0) is 14.4. The lowest BCUT2D eigenvalue weighted by molar-refractivity contribution is 1.15. The van der Waals surface area contributed by atoms with Crippen LogP contribution in [0.25, 0.3) is 41.7 Å². The Labute approximate surface area is 117 Å². The van der Waals surface area contributed by atoms with E-state index in [2.05, 4.69) is 35.7 Å². The molecule has 0 amide bonds. The Morgan fingerprint density at radius 2 is 1.90 bits per heavy atom. The average Bonchev–Trinajstić information content (AvgIpc) is 2.80. The number of fused-ring (bicyclic) bond motifs is 3. The maximum atomic E-state index is 4.22. The molecule has 0 aromatic carbocycles. The maximum Gasteiger partial charge on any atom is 0.0613 e. The predicted octanol–water partition coefficient (Wildman–Crippen LogP) is 2.90. The molecule has 0 atom stereocenters. The van der Waals surface area contributed by atoms with Gasteiger partial charge < -0.3 is 4.40 Å². The first-order valence-corrected chi connectivity index (χ1v) is 6.45. The fraction of sp³-hybridized carbons (Fsp3) is 0.0556. The van der Waals surface area contributed by atoms with Crippen molar-refractivity contribution in [3.8, 4) is 0 Å². The molecule has 0 saturated heterocycles. The van der Waals surface area contributed by atoms with Crippen LogP contribution in [0.15, 0.2) is 31.6 Å². The summed E-state index contributed by atoms with van der Waals surface area (Å²) in [6.07, 6.45) is 7.38. The van der Waals surface area contributed by atoms with Crippen molar-refractivity contribution < 1.29 is 0 Å². The van der Waals surface area contributed by atoms with Crippen LogP contribution in [-0.4, -0.2) is 9.38 Å². The van der Waals surface area contributed by atoms with Gasteiger partial charge in [-0.2, -0.15) is 0 Å². The molecule has 0 N–H and O–H groups in total. The summed E-state index contributed by atoms with van der Waals surface area (Å²) in [6.45, 7) is 18.3. The van der Waals surface area contributed by atoms with E-state index >= 15 is 0 Å². The van der Waals surface area contributed by atoms with Gasteiger partial charge in [-0.1, -0.05) is 32.4 Å². The van der Waals surface area contributed by atoms with Crippen molar-refractivity contribution in [2.45, 2.75) is 6.92 Å². The Kier molecular flexibility index (Phi) is 2.61. The van der Waals surface area contributed by atoms with E-state index in [-0.39, 0.29) is 0 Å². The SMILES string of the molecule is C=Cc1c2cnccc2n2c(C=C)c(C)c(=C)c(=C)c12. The predicted molar refractivity (Wildman–Crippen MR) is 87.9 cm³/mol. The highest BCUT2D eigenvalue weighted by atomic mass is 14.9. The summed E-state index contributed by atoms with van der Waals surface area (Å²) in [5.74, 6) is 0. The van der Waals surface area contributed by atoms with Crippen molar-refractivity contribution in [1.29, 1.82) is 0 Å². The first-order chi connectivity index (χ1) is 9.61. The average molecular weight is 260 g/mol. The van der Waals surface area contributed by atoms with E-state index in [1.165, 1.54) is 0 Å². The second-order valence-electron chi connectivity index (χ2n) is 4.87. The van der Waals surface area contributed by atoms with E-state index in [1.54, 1.807) is 6.20 Å². The zero-order valence-corrected chi connectivity index (χ0v) is 11.6. The van der Waals surface area contributed by atoms with Crippen LogP contribution in [0.5, 0.6) is 0 Å². The van der Waals surface area contributed by atoms with Gasteiger partial charge in [0.15, 0.2) is 0 Å². The van der Waals surface area contributed by atoms with Gasteiger partial charge in [-0.3, -0.25) is 4.98 Å². The summed E-state index contributed by atoms with van der Waals surface area (Å²) in [7, 11) is 0. The minimum absolute atomic E-state index is 0.930. The van der Waals surface area contributed by atoms with Crippen molar-refractivity contribution in [3.63, 3.8) is 0 Å². The summed E-state index contributed by atoms with van der Waals surface area (Å²) >= 11 is 0. The molecule has 3 aromatic heterocycles. The van der Waals surface area contributed by atoms with Gasteiger partial charge in [-0.05, 0) is 35.1 Å². The van der Waals surface area contributed by atoms with Crippen LogP contribution < -0.4 is 10.4 Å². The van der Waals surface area contributed by atoms with Gasteiger partial charge in [0.1, 0.15) is 0 Å². The van der Waals surface area contributed by atoms with Crippen molar-refractivity contribution in [2.75, 3.05) is 0 Å². The quantitative estimate of drug-likeness (QED) is 0.692. The zero-order valence-electron chi connectivity index (χ0n) is 11.6. The van der Waals surface area contributed by atoms with Gasteiger partial charge in [-0.15, -0.1) is 0 Å². The molecule has 0 spiro atoms. The number of rotatable bonds is 2. The Balaban J connectivity index is 2.85. The first-order valence-electron chi connectivity index (χ1n) is 6.45. The second-order valence-corrected chi connectivity index (χ2v) is 4.87. The Morgan fingerprint density at radius 3 is 2.55 bits per heavy atom. The molecule has 98 valence electrons. The molecule has 0 saturated carbocycles. The number of nitrogens with zero attached hydrogens (tertiary/aromatic N) is 2. The third-order valence-electron chi connectivity index (χ3n) is 3.93. The van der Waals surface area contributed by atoms with Gasteiger partial charge >= 0.3 is 0 Å². The van der Waals surface area contributed by atoms with E-state index in [1.807, 2.05) is 31.3 Å². The van der Waals surface area contributed by atoms with Crippen molar-refractivity contribution >= 4 is 41.7 Å². The van der Waals surface area contributed by atoms with E-state index in [0.29, 0.717) is 0 Å². The number of hydrogen-bond donors (Lipinski definition) is 0. The highest BCUT2D eigenvalue weighted by Crippen LogP contribution is 2.26. The summed E-state index contributed by atoms with van der Waals surface area (Å²) < 4.78 is 2.17. The van der Waals surface area contributed by atoms with Gasteiger partial charge in [-0.25, -0.2) is 0 Å². The van der Waals surface area contributed by atoms with E-state index in [0.717, 1.165) is 43.7 Å². The highest BCUT2D eigenvalue weighted by molar-refractivity contribution is 5.98. The Bertz CT molecular complexity index is 974. The maximum absolute atomic E-state index is 4.22. The van der Waals surface area contributed by atoms with Gasteiger partial charge in [0.25, 0.3) is 0 Å². The van der Waals surface area contributed by atoms with Crippen LogP contribution in [0.4, 0.5) is 0 Å². The van der Waals surface area contributed by atoms with Crippen LogP contribution >= 0.6 is 0 Å². The van der Waals surface area contributed by atoms with E-state index in [4.69, 9.17) is 0 Å². The lowest BCUT2D eigenvalue weighted by atomic mass is 10.1. The summed E-state index contributed by atoms with van der Waals surface area (Å²) in [6, 6.07) is 2.00. The minimum atomic E-state index is 0.930. The molecular formula is C18H16N2. The molecule has 20 heavy (non-hydrogen) atoms. The number of pyridine rings is 2. The van der Waals surface area contributed by atoms with E-state index in [9.17, 15) is 0 Å². The molecule has 2 nitrogen and oxygen atoms in total. The van der Waals surface area contributed by atoms with Gasteiger partial charge in [0, 0.05) is 29.0 Å². The van der Waals surface area contributed by atoms with Crippen LogP contribution in [0, 0.1) is 6.92 Å². The van der Waals surface area contributed by atoms with Crippen molar-refractivity contribution in [2.24, 2.45) is 0 Å². The van der Waals surface area contributed by atoms with Crippen LogP contribution in [0.2, 0.25) is 0 Å². The summed E-state index contributed by atoms with van der Waals surface area (Å²) in [5, 5.41) is 2.95. The van der Waals surface area contributed by atoms with E-state index < -0.39 is 0 Å². The van der Waals surface area contributed by atoms with Crippen molar-refractivity contribution in [3.05, 3.63) is 58.9 Å². The molecule has 0 aliphatic rings. The Morgan fingerprint density at radius 1 is 1.15 bits per heavy atom. The number of hydrogen-bond acceptors (Lipinski definition) is 1. The summed E-state index contributed by atoms with van der Waals surface area (Å²) in [4.78, 5) is 4.22. The second kappa shape index (κ2) is 4.20.